The van der Waals surface area contributed by atoms with Crippen LogP contribution in [0.3, 0.4) is 0 Å². The molecule has 5 nitrogen and oxygen atoms in total. The van der Waals surface area contributed by atoms with Crippen LogP contribution in [0, 0.1) is 0 Å². The molecule has 0 heterocycles. The van der Waals surface area contributed by atoms with Gasteiger partial charge in [0.25, 0.3) is 11.8 Å². The van der Waals surface area contributed by atoms with E-state index >= 15 is 0 Å². The maximum absolute atomic E-state index is 12.9. The fraction of sp³-hybridized carbons (Fsp3) is 0. The second kappa shape index (κ2) is 10.2. The minimum absolute atomic E-state index is 0.296. The average molecular weight is 476 g/mol. The van der Waals surface area contributed by atoms with Gasteiger partial charge in [-0.05, 0) is 66.7 Å². The van der Waals surface area contributed by atoms with Gasteiger partial charge in [-0.25, -0.2) is 0 Å². The van der Waals surface area contributed by atoms with Crippen molar-refractivity contribution < 1.29 is 9.59 Å². The highest BCUT2D eigenvalue weighted by Crippen LogP contribution is 2.23. The van der Waals surface area contributed by atoms with E-state index in [2.05, 4.69) is 16.0 Å². The summed E-state index contributed by atoms with van der Waals surface area (Å²) in [4.78, 5) is 25.6. The highest BCUT2D eigenvalue weighted by molar-refractivity contribution is 6.35. The van der Waals surface area contributed by atoms with Gasteiger partial charge in [-0.15, -0.1) is 0 Å². The van der Waals surface area contributed by atoms with Crippen molar-refractivity contribution in [1.82, 2.24) is 0 Å². The summed E-state index contributed by atoms with van der Waals surface area (Å²) in [6.45, 7) is 0. The first-order valence-electron chi connectivity index (χ1n) is 10.1. The molecule has 0 atom stereocenters. The van der Waals surface area contributed by atoms with Crippen molar-refractivity contribution in [3.05, 3.63) is 118 Å². The standard InChI is InChI=1S/C26H19Cl2N3O2/c27-18-14-17(15-19(28)16-18)25(32)31-24-9-5-4-8-23(24)26(33)30-22-12-10-21(11-13-22)29-20-6-2-1-3-7-20/h1-16,29H,(H,30,33)(H,31,32). The first kappa shape index (κ1) is 22.4. The molecule has 164 valence electrons. The molecule has 0 radical (unpaired) electrons. The minimum Gasteiger partial charge on any atom is -0.356 e. The van der Waals surface area contributed by atoms with E-state index in [0.29, 0.717) is 32.5 Å². The van der Waals surface area contributed by atoms with Gasteiger partial charge in [0, 0.05) is 32.7 Å². The van der Waals surface area contributed by atoms with Gasteiger partial charge < -0.3 is 16.0 Å². The highest BCUT2D eigenvalue weighted by atomic mass is 35.5. The average Bonchev–Trinajstić information content (AvgIpc) is 2.81. The van der Waals surface area contributed by atoms with E-state index in [4.69, 9.17) is 23.2 Å². The molecule has 0 spiro atoms. The molecule has 33 heavy (non-hydrogen) atoms. The highest BCUT2D eigenvalue weighted by Gasteiger charge is 2.15. The first-order valence-corrected chi connectivity index (χ1v) is 10.8. The quantitative estimate of drug-likeness (QED) is 0.275. The third-order valence-electron chi connectivity index (χ3n) is 4.75. The molecular weight excluding hydrogens is 457 g/mol. The lowest BCUT2D eigenvalue weighted by Gasteiger charge is -2.12. The number of rotatable bonds is 6. The van der Waals surface area contributed by atoms with Gasteiger partial charge in [0.05, 0.1) is 11.3 Å². The molecule has 0 bridgehead atoms. The molecule has 0 unspecified atom stereocenters. The largest absolute Gasteiger partial charge is 0.356 e. The molecule has 3 N–H and O–H groups in total. The summed E-state index contributed by atoms with van der Waals surface area (Å²) in [5, 5.41) is 9.61. The molecule has 2 amide bonds. The maximum atomic E-state index is 12.9. The number of carbonyl (C=O) groups excluding carboxylic acids is 2. The summed E-state index contributed by atoms with van der Waals surface area (Å²) < 4.78 is 0. The van der Waals surface area contributed by atoms with Crippen LogP contribution in [-0.4, -0.2) is 11.8 Å². The molecule has 0 aliphatic carbocycles. The number of anilines is 4. The zero-order valence-corrected chi connectivity index (χ0v) is 18.8. The van der Waals surface area contributed by atoms with Gasteiger partial charge >= 0.3 is 0 Å². The number of nitrogens with one attached hydrogen (secondary N) is 3. The van der Waals surface area contributed by atoms with E-state index in [-0.39, 0.29) is 5.91 Å². The fourth-order valence-electron chi connectivity index (χ4n) is 3.19. The van der Waals surface area contributed by atoms with Crippen molar-refractivity contribution in [2.75, 3.05) is 16.0 Å². The lowest BCUT2D eigenvalue weighted by atomic mass is 10.1. The van der Waals surface area contributed by atoms with Crippen LogP contribution < -0.4 is 16.0 Å². The van der Waals surface area contributed by atoms with Crippen LogP contribution in [0.2, 0.25) is 10.0 Å². The third-order valence-corrected chi connectivity index (χ3v) is 5.19. The van der Waals surface area contributed by atoms with E-state index in [1.165, 1.54) is 12.1 Å². The zero-order chi connectivity index (χ0) is 23.2. The molecule has 0 aliphatic rings. The van der Waals surface area contributed by atoms with Crippen molar-refractivity contribution in [2.24, 2.45) is 0 Å². The Balaban J connectivity index is 1.46. The molecular formula is C26H19Cl2N3O2. The number of halogens is 2. The van der Waals surface area contributed by atoms with Crippen molar-refractivity contribution in [3.63, 3.8) is 0 Å². The second-order valence-corrected chi connectivity index (χ2v) is 8.05. The number of carbonyl (C=O) groups is 2. The molecule has 0 fully saturated rings. The second-order valence-electron chi connectivity index (χ2n) is 7.18. The summed E-state index contributed by atoms with van der Waals surface area (Å²) in [5.74, 6) is -0.769. The van der Waals surface area contributed by atoms with Crippen LogP contribution in [0.25, 0.3) is 0 Å². The van der Waals surface area contributed by atoms with Crippen LogP contribution in [-0.2, 0) is 0 Å². The number of hydrogen-bond acceptors (Lipinski definition) is 3. The Bertz CT molecular complexity index is 1270. The van der Waals surface area contributed by atoms with Gasteiger partial charge in [0.1, 0.15) is 0 Å². The smallest absolute Gasteiger partial charge is 0.257 e. The molecule has 0 aromatic heterocycles. The monoisotopic (exact) mass is 475 g/mol. The van der Waals surface area contributed by atoms with Crippen molar-refractivity contribution >= 4 is 57.8 Å². The van der Waals surface area contributed by atoms with Crippen LogP contribution in [0.4, 0.5) is 22.7 Å². The Morgan fingerprint density at radius 2 is 1.15 bits per heavy atom. The lowest BCUT2D eigenvalue weighted by molar-refractivity contribution is 0.102. The predicted octanol–water partition coefficient (Wildman–Crippen LogP) is 7.24. The number of amides is 2. The maximum Gasteiger partial charge on any atom is 0.257 e. The van der Waals surface area contributed by atoms with Gasteiger partial charge in [-0.2, -0.15) is 0 Å². The third kappa shape index (κ3) is 5.92. The molecule has 4 rings (SSSR count). The van der Waals surface area contributed by atoms with E-state index in [0.717, 1.165) is 11.4 Å². The van der Waals surface area contributed by atoms with Gasteiger partial charge in [0.2, 0.25) is 0 Å². The van der Waals surface area contributed by atoms with E-state index in [1.54, 1.807) is 42.5 Å². The van der Waals surface area contributed by atoms with E-state index in [9.17, 15) is 9.59 Å². The van der Waals surface area contributed by atoms with Crippen molar-refractivity contribution in [1.29, 1.82) is 0 Å². The van der Waals surface area contributed by atoms with Crippen molar-refractivity contribution in [3.8, 4) is 0 Å². The molecule has 0 saturated heterocycles. The first-order chi connectivity index (χ1) is 16.0. The molecule has 0 aliphatic heterocycles. The summed E-state index contributed by atoms with van der Waals surface area (Å²) in [5.41, 5.74) is 3.49. The fourth-order valence-corrected chi connectivity index (χ4v) is 3.72. The van der Waals surface area contributed by atoms with Crippen LogP contribution in [0.5, 0.6) is 0 Å². The predicted molar refractivity (Wildman–Crippen MR) is 135 cm³/mol. The van der Waals surface area contributed by atoms with Crippen molar-refractivity contribution in [2.45, 2.75) is 0 Å². The Morgan fingerprint density at radius 3 is 1.85 bits per heavy atom. The van der Waals surface area contributed by atoms with Gasteiger partial charge in [-0.1, -0.05) is 53.5 Å². The molecule has 0 saturated carbocycles. The summed E-state index contributed by atoms with van der Waals surface area (Å²) in [6, 6.07) is 28.5. The summed E-state index contributed by atoms with van der Waals surface area (Å²) in [7, 11) is 0. The SMILES string of the molecule is O=C(Nc1ccccc1C(=O)Nc1ccc(Nc2ccccc2)cc1)c1cc(Cl)cc(Cl)c1. The van der Waals surface area contributed by atoms with Gasteiger partial charge in [0.15, 0.2) is 0 Å². The molecule has 7 heteroatoms. The lowest BCUT2D eigenvalue weighted by Crippen LogP contribution is -2.18. The van der Waals surface area contributed by atoms with E-state index in [1.807, 2.05) is 42.5 Å². The van der Waals surface area contributed by atoms with E-state index < -0.39 is 5.91 Å². The van der Waals surface area contributed by atoms with Gasteiger partial charge in [-0.3, -0.25) is 9.59 Å². The summed E-state index contributed by atoms with van der Waals surface area (Å²) >= 11 is 12.0. The molecule has 4 aromatic carbocycles. The van der Waals surface area contributed by atoms with Crippen LogP contribution >= 0.6 is 23.2 Å². The number of benzene rings is 4. The Kier molecular flexibility index (Phi) is 6.93. The normalized spacial score (nSPS) is 10.4. The Labute approximate surface area is 201 Å². The minimum atomic E-state index is -0.420. The number of para-hydroxylation sites is 2. The van der Waals surface area contributed by atoms with Crippen LogP contribution in [0.1, 0.15) is 20.7 Å². The number of hydrogen-bond donors (Lipinski definition) is 3. The topological polar surface area (TPSA) is 70.2 Å². The van der Waals surface area contributed by atoms with Crippen LogP contribution in [0.15, 0.2) is 97.1 Å². The molecule has 4 aromatic rings. The summed E-state index contributed by atoms with van der Waals surface area (Å²) in [6.07, 6.45) is 0. The Morgan fingerprint density at radius 1 is 0.576 bits per heavy atom. The Hall–Kier alpha value is -3.80. The zero-order valence-electron chi connectivity index (χ0n) is 17.3.